The van der Waals surface area contributed by atoms with Gasteiger partial charge >= 0.3 is 0 Å². The van der Waals surface area contributed by atoms with Crippen molar-refractivity contribution >= 4 is 21.9 Å². The van der Waals surface area contributed by atoms with Gasteiger partial charge in [-0.3, -0.25) is 4.98 Å². The van der Waals surface area contributed by atoms with E-state index in [0.29, 0.717) is 0 Å². The third-order valence-electron chi connectivity index (χ3n) is 5.55. The fraction of sp³-hybridized carbons (Fsp3) is 0.227. The Bertz CT molecular complexity index is 1150. The zero-order valence-electron chi connectivity index (χ0n) is 14.4. The summed E-state index contributed by atoms with van der Waals surface area (Å²) in [5, 5.41) is 2.40. The van der Waals surface area contributed by atoms with Crippen LogP contribution in [0.5, 0.6) is 0 Å². The maximum absolute atomic E-state index is 6.34. The van der Waals surface area contributed by atoms with Crippen molar-refractivity contribution in [1.82, 2.24) is 4.98 Å². The molecule has 0 aliphatic heterocycles. The number of rotatable bonds is 0. The summed E-state index contributed by atoms with van der Waals surface area (Å²) in [6.07, 6.45) is 1.93. The molecule has 1 aliphatic carbocycles. The summed E-state index contributed by atoms with van der Waals surface area (Å²) >= 11 is 0. The van der Waals surface area contributed by atoms with Gasteiger partial charge < -0.3 is 4.42 Å². The van der Waals surface area contributed by atoms with E-state index in [1.54, 1.807) is 0 Å². The lowest BCUT2D eigenvalue weighted by Crippen LogP contribution is -2.19. The van der Waals surface area contributed by atoms with Crippen LogP contribution in [0.1, 0.15) is 36.1 Å². The number of pyridine rings is 1. The Morgan fingerprint density at radius 2 is 1.58 bits per heavy atom. The van der Waals surface area contributed by atoms with Crippen molar-refractivity contribution in [2.24, 2.45) is 0 Å². The Labute approximate surface area is 141 Å². The van der Waals surface area contributed by atoms with E-state index in [1.165, 1.54) is 33.0 Å². The Kier molecular flexibility index (Phi) is 2.45. The van der Waals surface area contributed by atoms with Gasteiger partial charge in [-0.1, -0.05) is 50.2 Å². The van der Waals surface area contributed by atoms with Crippen LogP contribution in [0.25, 0.3) is 33.2 Å². The predicted octanol–water partition coefficient (Wildman–Crippen LogP) is 5.90. The van der Waals surface area contributed by atoms with Crippen molar-refractivity contribution in [3.05, 3.63) is 64.8 Å². The van der Waals surface area contributed by atoms with Crippen LogP contribution >= 0.6 is 0 Å². The normalized spacial score (nSPS) is 15.0. The van der Waals surface area contributed by atoms with Gasteiger partial charge in [-0.2, -0.15) is 0 Å². The van der Waals surface area contributed by atoms with E-state index in [-0.39, 0.29) is 5.41 Å². The summed E-state index contributed by atoms with van der Waals surface area (Å²) in [5.74, 6) is 0. The summed E-state index contributed by atoms with van der Waals surface area (Å²) < 4.78 is 6.34. The van der Waals surface area contributed by atoms with Gasteiger partial charge in [0.2, 0.25) is 0 Å². The van der Waals surface area contributed by atoms with Crippen LogP contribution in [0.15, 0.2) is 47.0 Å². The topological polar surface area (TPSA) is 26.0 Å². The quantitative estimate of drug-likeness (QED) is 0.403. The molecule has 0 saturated carbocycles. The second kappa shape index (κ2) is 4.27. The molecule has 0 spiro atoms. The summed E-state index contributed by atoms with van der Waals surface area (Å²) in [4.78, 5) is 4.83. The number of fused-ring (bicyclic) bond motifs is 2. The molecule has 5 rings (SSSR count). The van der Waals surface area contributed by atoms with Crippen LogP contribution in [0.4, 0.5) is 0 Å². The molecule has 0 unspecified atom stereocenters. The van der Waals surface area contributed by atoms with Crippen molar-refractivity contribution in [2.75, 3.05) is 0 Å². The minimum atomic E-state index is -0.103. The van der Waals surface area contributed by atoms with Crippen molar-refractivity contribution in [2.45, 2.75) is 33.1 Å². The lowest BCUT2D eigenvalue weighted by molar-refractivity contribution is 0.641. The fourth-order valence-corrected chi connectivity index (χ4v) is 4.23. The zero-order valence-corrected chi connectivity index (χ0v) is 14.4. The van der Waals surface area contributed by atoms with Gasteiger partial charge in [0.05, 0.1) is 11.1 Å². The highest BCUT2D eigenvalue weighted by atomic mass is 16.3. The second-order valence-corrected chi connectivity index (χ2v) is 7.40. The molecule has 0 fully saturated rings. The Hall–Kier alpha value is -2.61. The minimum absolute atomic E-state index is 0.103. The first-order chi connectivity index (χ1) is 11.5. The second-order valence-electron chi connectivity index (χ2n) is 7.40. The summed E-state index contributed by atoms with van der Waals surface area (Å²) in [6, 6.07) is 13.1. The van der Waals surface area contributed by atoms with Gasteiger partial charge in [0.25, 0.3) is 0 Å². The number of hydrogen-bond donors (Lipinski definition) is 0. The highest BCUT2D eigenvalue weighted by molar-refractivity contribution is 6.15. The molecule has 1 aliphatic rings. The Balaban J connectivity index is 2.17. The van der Waals surface area contributed by atoms with E-state index >= 15 is 0 Å². The van der Waals surface area contributed by atoms with E-state index in [2.05, 4.69) is 64.1 Å². The first kappa shape index (κ1) is 13.8. The average Bonchev–Trinajstić information content (AvgIpc) is 2.94. The molecule has 0 atom stereocenters. The molecular weight excluding hydrogens is 294 g/mol. The molecule has 0 bridgehead atoms. The molecule has 118 valence electrons. The van der Waals surface area contributed by atoms with Gasteiger partial charge in [-0.05, 0) is 30.5 Å². The van der Waals surface area contributed by atoms with Gasteiger partial charge in [0.1, 0.15) is 11.2 Å². The van der Waals surface area contributed by atoms with Crippen molar-refractivity contribution in [3.63, 3.8) is 0 Å². The van der Waals surface area contributed by atoms with Crippen LogP contribution in [0.2, 0.25) is 0 Å². The minimum Gasteiger partial charge on any atom is -0.455 e. The molecule has 2 heterocycles. The van der Waals surface area contributed by atoms with Crippen molar-refractivity contribution < 1.29 is 4.42 Å². The Morgan fingerprint density at radius 3 is 2.42 bits per heavy atom. The molecular formula is C22H19NO. The molecule has 0 radical (unpaired) electrons. The standard InChI is InChI=1S/C22H19NO/c1-12-9-10-16-17-18-19(23-11-13(2)21(18)24-20(12)17)14-7-5-6-8-15(14)22(16,3)4/h5-11H,1-4H3. The maximum Gasteiger partial charge on any atom is 0.142 e. The van der Waals surface area contributed by atoms with Gasteiger partial charge in [-0.15, -0.1) is 0 Å². The van der Waals surface area contributed by atoms with Crippen LogP contribution in [0.3, 0.4) is 0 Å². The zero-order chi connectivity index (χ0) is 16.6. The average molecular weight is 313 g/mol. The lowest BCUT2D eigenvalue weighted by Gasteiger charge is -2.27. The maximum atomic E-state index is 6.34. The third-order valence-corrected chi connectivity index (χ3v) is 5.55. The molecule has 0 saturated heterocycles. The number of furan rings is 1. The van der Waals surface area contributed by atoms with Gasteiger partial charge in [-0.25, -0.2) is 0 Å². The largest absolute Gasteiger partial charge is 0.455 e. The molecule has 24 heavy (non-hydrogen) atoms. The number of aromatic nitrogens is 1. The Morgan fingerprint density at radius 1 is 0.833 bits per heavy atom. The highest BCUT2D eigenvalue weighted by Gasteiger charge is 2.34. The van der Waals surface area contributed by atoms with Crippen LogP contribution in [-0.4, -0.2) is 4.98 Å². The monoisotopic (exact) mass is 313 g/mol. The van der Waals surface area contributed by atoms with Crippen LogP contribution in [-0.2, 0) is 5.41 Å². The molecule has 0 N–H and O–H groups in total. The van der Waals surface area contributed by atoms with E-state index in [9.17, 15) is 0 Å². The highest BCUT2D eigenvalue weighted by Crippen LogP contribution is 2.49. The van der Waals surface area contributed by atoms with Gasteiger partial charge in [0.15, 0.2) is 0 Å². The summed E-state index contributed by atoms with van der Waals surface area (Å²) in [7, 11) is 0. The summed E-state index contributed by atoms with van der Waals surface area (Å²) in [5.41, 5.74) is 9.03. The molecule has 2 aromatic heterocycles. The number of hydrogen-bond acceptors (Lipinski definition) is 2. The first-order valence-corrected chi connectivity index (χ1v) is 8.42. The van der Waals surface area contributed by atoms with E-state index in [1.807, 2.05) is 6.20 Å². The molecule has 2 aromatic carbocycles. The van der Waals surface area contributed by atoms with Crippen molar-refractivity contribution in [1.29, 1.82) is 0 Å². The van der Waals surface area contributed by atoms with Crippen LogP contribution < -0.4 is 0 Å². The SMILES string of the molecule is Cc1ccc2c3c1oc1c(C)cnc(c13)-c1ccccc1C2(C)C. The van der Waals surface area contributed by atoms with E-state index < -0.39 is 0 Å². The fourth-order valence-electron chi connectivity index (χ4n) is 4.23. The molecule has 2 nitrogen and oxygen atoms in total. The van der Waals surface area contributed by atoms with Gasteiger partial charge in [0, 0.05) is 28.1 Å². The summed E-state index contributed by atoms with van der Waals surface area (Å²) in [6.45, 7) is 8.79. The smallest absolute Gasteiger partial charge is 0.142 e. The molecule has 0 amide bonds. The van der Waals surface area contributed by atoms with Crippen LogP contribution in [0, 0.1) is 13.8 Å². The lowest BCUT2D eigenvalue weighted by atomic mass is 9.76. The first-order valence-electron chi connectivity index (χ1n) is 8.42. The third kappa shape index (κ3) is 1.49. The molecule has 4 aromatic rings. The number of benzene rings is 2. The van der Waals surface area contributed by atoms with Crippen molar-refractivity contribution in [3.8, 4) is 11.3 Å². The number of nitrogens with zero attached hydrogens (tertiary/aromatic N) is 1. The molecule has 2 heteroatoms. The van der Waals surface area contributed by atoms with E-state index in [4.69, 9.17) is 9.40 Å². The predicted molar refractivity (Wildman–Crippen MR) is 98.6 cm³/mol. The van der Waals surface area contributed by atoms with E-state index in [0.717, 1.165) is 22.4 Å². The number of aryl methyl sites for hydroxylation is 2.